The van der Waals surface area contributed by atoms with E-state index in [1.807, 2.05) is 38.1 Å². The predicted octanol–water partition coefficient (Wildman–Crippen LogP) is 3.02. The number of nitrogens with two attached hydrogens (primary N) is 1. The predicted molar refractivity (Wildman–Crippen MR) is 71.6 cm³/mol. The maximum absolute atomic E-state index is 11.2. The monoisotopic (exact) mass is 244 g/mol. The third-order valence-electron chi connectivity index (χ3n) is 2.89. The molecule has 0 bridgehead atoms. The van der Waals surface area contributed by atoms with Gasteiger partial charge in [-0.15, -0.1) is 0 Å². The lowest BCUT2D eigenvalue weighted by Crippen LogP contribution is -2.12. The molecule has 3 N–H and O–H groups in total. The average molecular weight is 244 g/mol. The number of carbonyl (C=O) groups is 1. The van der Waals surface area contributed by atoms with E-state index in [1.54, 1.807) is 16.7 Å². The fraction of sp³-hybridized carbons (Fsp3) is 0.214. The van der Waals surface area contributed by atoms with Gasteiger partial charge in [0.2, 0.25) is 0 Å². The average Bonchev–Trinajstić information content (AvgIpc) is 2.74. The van der Waals surface area contributed by atoms with Crippen molar-refractivity contribution in [2.24, 2.45) is 0 Å². The number of aromatic nitrogens is 1. The van der Waals surface area contributed by atoms with Crippen molar-refractivity contribution in [3.63, 3.8) is 0 Å². The van der Waals surface area contributed by atoms with Gasteiger partial charge in [0.05, 0.1) is 5.69 Å². The molecule has 2 rings (SSSR count). The van der Waals surface area contributed by atoms with Crippen LogP contribution in [0.1, 0.15) is 30.4 Å². The zero-order valence-electron chi connectivity index (χ0n) is 10.4. The van der Waals surface area contributed by atoms with Gasteiger partial charge < -0.3 is 15.4 Å². The first kappa shape index (κ1) is 12.2. The Bertz CT molecular complexity index is 585. The van der Waals surface area contributed by atoms with Gasteiger partial charge in [0, 0.05) is 17.3 Å². The molecule has 0 aliphatic carbocycles. The van der Waals surface area contributed by atoms with E-state index >= 15 is 0 Å². The smallest absolute Gasteiger partial charge is 0.352 e. The first-order valence-electron chi connectivity index (χ1n) is 5.81. The number of para-hydroxylation sites is 1. The Morgan fingerprint density at radius 1 is 1.22 bits per heavy atom. The molecule has 0 saturated carbocycles. The molecule has 18 heavy (non-hydrogen) atoms. The van der Waals surface area contributed by atoms with E-state index in [4.69, 9.17) is 5.73 Å². The molecule has 4 nitrogen and oxygen atoms in total. The van der Waals surface area contributed by atoms with Gasteiger partial charge in [0.15, 0.2) is 0 Å². The van der Waals surface area contributed by atoms with Crippen LogP contribution in [-0.4, -0.2) is 15.6 Å². The van der Waals surface area contributed by atoms with Crippen LogP contribution in [0.4, 0.5) is 5.69 Å². The SMILES string of the molecule is CC(C)n1c(C(=O)O)ccc1-c1ccccc1N. The molecule has 0 aliphatic rings. The molecular formula is C14H16N2O2. The van der Waals surface area contributed by atoms with E-state index in [0.29, 0.717) is 5.69 Å². The van der Waals surface area contributed by atoms with E-state index in [2.05, 4.69) is 0 Å². The highest BCUT2D eigenvalue weighted by atomic mass is 16.4. The van der Waals surface area contributed by atoms with E-state index in [9.17, 15) is 9.90 Å². The first-order chi connectivity index (χ1) is 8.52. The first-order valence-corrected chi connectivity index (χ1v) is 5.81. The minimum atomic E-state index is -0.926. The van der Waals surface area contributed by atoms with Crippen LogP contribution in [0.2, 0.25) is 0 Å². The molecule has 0 unspecified atom stereocenters. The molecular weight excluding hydrogens is 228 g/mol. The van der Waals surface area contributed by atoms with Crippen molar-refractivity contribution in [1.29, 1.82) is 0 Å². The summed E-state index contributed by atoms with van der Waals surface area (Å²) >= 11 is 0. The van der Waals surface area contributed by atoms with Crippen LogP contribution >= 0.6 is 0 Å². The molecule has 0 fully saturated rings. The zero-order valence-corrected chi connectivity index (χ0v) is 10.4. The maximum atomic E-state index is 11.2. The van der Waals surface area contributed by atoms with Crippen molar-refractivity contribution in [2.75, 3.05) is 5.73 Å². The van der Waals surface area contributed by atoms with Gasteiger partial charge in [-0.1, -0.05) is 18.2 Å². The Hall–Kier alpha value is -2.23. The number of anilines is 1. The summed E-state index contributed by atoms with van der Waals surface area (Å²) < 4.78 is 1.79. The largest absolute Gasteiger partial charge is 0.477 e. The third-order valence-corrected chi connectivity index (χ3v) is 2.89. The fourth-order valence-electron chi connectivity index (χ4n) is 2.13. The van der Waals surface area contributed by atoms with Gasteiger partial charge in [0.1, 0.15) is 5.69 Å². The Morgan fingerprint density at radius 3 is 2.44 bits per heavy atom. The second-order valence-electron chi connectivity index (χ2n) is 4.46. The number of rotatable bonds is 3. The minimum Gasteiger partial charge on any atom is -0.477 e. The van der Waals surface area contributed by atoms with Crippen LogP contribution in [0.25, 0.3) is 11.3 Å². The van der Waals surface area contributed by atoms with Crippen LogP contribution in [0.15, 0.2) is 36.4 Å². The quantitative estimate of drug-likeness (QED) is 0.815. The lowest BCUT2D eigenvalue weighted by Gasteiger charge is -2.16. The summed E-state index contributed by atoms with van der Waals surface area (Å²) in [6.07, 6.45) is 0. The van der Waals surface area contributed by atoms with Crippen molar-refractivity contribution in [1.82, 2.24) is 4.57 Å². The van der Waals surface area contributed by atoms with Gasteiger partial charge in [-0.3, -0.25) is 0 Å². The van der Waals surface area contributed by atoms with Crippen LogP contribution in [0.3, 0.4) is 0 Å². The highest BCUT2D eigenvalue weighted by molar-refractivity contribution is 5.88. The van der Waals surface area contributed by atoms with Crippen molar-refractivity contribution in [3.8, 4) is 11.3 Å². The number of carboxylic acid groups (broad SMARTS) is 1. The molecule has 0 aliphatic heterocycles. The summed E-state index contributed by atoms with van der Waals surface area (Å²) in [6.45, 7) is 3.91. The second kappa shape index (κ2) is 4.56. The van der Waals surface area contributed by atoms with E-state index in [1.165, 1.54) is 0 Å². The lowest BCUT2D eigenvalue weighted by atomic mass is 10.1. The molecule has 0 amide bonds. The van der Waals surface area contributed by atoms with Gasteiger partial charge >= 0.3 is 5.97 Å². The number of hydrogen-bond acceptors (Lipinski definition) is 2. The summed E-state index contributed by atoms with van der Waals surface area (Å²) in [5, 5.41) is 9.19. The van der Waals surface area contributed by atoms with E-state index < -0.39 is 5.97 Å². The molecule has 0 radical (unpaired) electrons. The molecule has 1 heterocycles. The minimum absolute atomic E-state index is 0.0562. The molecule has 4 heteroatoms. The van der Waals surface area contributed by atoms with Crippen LogP contribution in [0.5, 0.6) is 0 Å². The summed E-state index contributed by atoms with van der Waals surface area (Å²) in [6, 6.07) is 10.9. The van der Waals surface area contributed by atoms with Crippen molar-refractivity contribution < 1.29 is 9.90 Å². The highest BCUT2D eigenvalue weighted by Gasteiger charge is 2.18. The third kappa shape index (κ3) is 1.97. The lowest BCUT2D eigenvalue weighted by molar-refractivity contribution is 0.0683. The second-order valence-corrected chi connectivity index (χ2v) is 4.46. The van der Waals surface area contributed by atoms with Crippen molar-refractivity contribution in [3.05, 3.63) is 42.1 Å². The molecule has 2 aromatic rings. The van der Waals surface area contributed by atoms with Gasteiger partial charge in [-0.05, 0) is 32.0 Å². The Labute approximate surface area is 106 Å². The molecule has 1 aromatic carbocycles. The molecule has 0 saturated heterocycles. The Balaban J connectivity index is 2.66. The molecule has 1 aromatic heterocycles. The van der Waals surface area contributed by atoms with Gasteiger partial charge in [0.25, 0.3) is 0 Å². The highest BCUT2D eigenvalue weighted by Crippen LogP contribution is 2.30. The van der Waals surface area contributed by atoms with Gasteiger partial charge in [-0.2, -0.15) is 0 Å². The van der Waals surface area contributed by atoms with Crippen LogP contribution in [0, 0.1) is 0 Å². The fourth-order valence-corrected chi connectivity index (χ4v) is 2.13. The zero-order chi connectivity index (χ0) is 13.3. The number of aromatic carboxylic acids is 1. The number of benzene rings is 1. The normalized spacial score (nSPS) is 10.8. The van der Waals surface area contributed by atoms with Crippen LogP contribution in [-0.2, 0) is 0 Å². The molecule has 94 valence electrons. The number of nitrogen functional groups attached to an aromatic ring is 1. The Morgan fingerprint density at radius 2 is 1.89 bits per heavy atom. The summed E-state index contributed by atoms with van der Waals surface area (Å²) in [5.74, 6) is -0.926. The maximum Gasteiger partial charge on any atom is 0.352 e. The molecule has 0 spiro atoms. The van der Waals surface area contributed by atoms with Gasteiger partial charge in [-0.25, -0.2) is 4.79 Å². The Kier molecular flexibility index (Phi) is 3.10. The van der Waals surface area contributed by atoms with Crippen LogP contribution < -0.4 is 5.73 Å². The summed E-state index contributed by atoms with van der Waals surface area (Å²) in [5.41, 5.74) is 8.57. The molecule has 0 atom stereocenters. The topological polar surface area (TPSA) is 68.2 Å². The number of hydrogen-bond donors (Lipinski definition) is 2. The van der Waals surface area contributed by atoms with E-state index in [-0.39, 0.29) is 11.7 Å². The van der Waals surface area contributed by atoms with Crippen molar-refractivity contribution >= 4 is 11.7 Å². The van der Waals surface area contributed by atoms with Crippen molar-refractivity contribution in [2.45, 2.75) is 19.9 Å². The standard InChI is InChI=1S/C14H16N2O2/c1-9(2)16-12(7-8-13(16)14(17)18)10-5-3-4-6-11(10)15/h3-9H,15H2,1-2H3,(H,17,18). The summed E-state index contributed by atoms with van der Waals surface area (Å²) in [4.78, 5) is 11.2. The summed E-state index contributed by atoms with van der Waals surface area (Å²) in [7, 11) is 0. The number of carboxylic acids is 1. The van der Waals surface area contributed by atoms with E-state index in [0.717, 1.165) is 11.3 Å². The number of nitrogens with zero attached hydrogens (tertiary/aromatic N) is 1.